The van der Waals surface area contributed by atoms with Crippen LogP contribution in [-0.4, -0.2) is 18.2 Å². The summed E-state index contributed by atoms with van der Waals surface area (Å²) in [5.74, 6) is -3.65. The largest absolute Gasteiger partial charge is 0.497 e. The van der Waals surface area contributed by atoms with E-state index in [-0.39, 0.29) is 5.56 Å². The van der Waals surface area contributed by atoms with Crippen molar-refractivity contribution in [2.24, 2.45) is 0 Å². The van der Waals surface area contributed by atoms with Crippen LogP contribution in [0.2, 0.25) is 0 Å². The van der Waals surface area contributed by atoms with Gasteiger partial charge in [-0.05, 0) is 23.3 Å². The summed E-state index contributed by atoms with van der Waals surface area (Å²) < 4.78 is 32.8. The van der Waals surface area contributed by atoms with Crippen LogP contribution >= 0.6 is 0 Å². The Morgan fingerprint density at radius 2 is 1.55 bits per heavy atom. The molecule has 2 rings (SSSR count). The summed E-state index contributed by atoms with van der Waals surface area (Å²) in [7, 11) is 1.57. The molecule has 22 heavy (non-hydrogen) atoms. The molecule has 0 heterocycles. The monoisotopic (exact) mass is 306 g/mol. The van der Waals surface area contributed by atoms with Gasteiger partial charge in [-0.15, -0.1) is 0 Å². The highest BCUT2D eigenvalue weighted by molar-refractivity contribution is 5.67. The van der Waals surface area contributed by atoms with Crippen molar-refractivity contribution in [2.75, 3.05) is 7.11 Å². The van der Waals surface area contributed by atoms with E-state index in [4.69, 9.17) is 9.84 Å². The minimum atomic E-state index is -3.14. The highest BCUT2D eigenvalue weighted by Gasteiger charge is 2.31. The molecule has 0 radical (unpaired) electrons. The van der Waals surface area contributed by atoms with Crippen molar-refractivity contribution in [3.05, 3.63) is 54.1 Å². The Hall–Kier alpha value is -2.43. The maximum absolute atomic E-state index is 13.9. The highest BCUT2D eigenvalue weighted by atomic mass is 19.3. The number of methoxy groups -OCH3 is 1. The van der Waals surface area contributed by atoms with Gasteiger partial charge in [0.05, 0.1) is 13.5 Å². The van der Waals surface area contributed by atoms with Crippen LogP contribution in [0.3, 0.4) is 0 Å². The Morgan fingerprint density at radius 1 is 1.05 bits per heavy atom. The van der Waals surface area contributed by atoms with Crippen LogP contribution in [0.5, 0.6) is 5.75 Å². The van der Waals surface area contributed by atoms with Gasteiger partial charge in [-0.25, -0.2) is 8.78 Å². The number of carboxylic acids is 1. The Bertz CT molecular complexity index is 634. The number of hydrogen-bond acceptors (Lipinski definition) is 2. The van der Waals surface area contributed by atoms with Crippen LogP contribution < -0.4 is 4.74 Å². The van der Waals surface area contributed by atoms with Gasteiger partial charge in [-0.2, -0.15) is 0 Å². The van der Waals surface area contributed by atoms with Gasteiger partial charge in [-0.1, -0.05) is 36.4 Å². The first-order valence-electron chi connectivity index (χ1n) is 6.77. The van der Waals surface area contributed by atoms with Crippen molar-refractivity contribution in [1.29, 1.82) is 0 Å². The third-order valence-corrected chi connectivity index (χ3v) is 3.38. The first kappa shape index (κ1) is 15.9. The first-order valence-corrected chi connectivity index (χ1v) is 6.77. The maximum Gasteiger partial charge on any atom is 0.303 e. The van der Waals surface area contributed by atoms with Gasteiger partial charge in [0.15, 0.2) is 0 Å². The molecule has 2 aromatic carbocycles. The molecule has 1 N–H and O–H groups in total. The topological polar surface area (TPSA) is 46.5 Å². The molecule has 0 aliphatic heterocycles. The van der Waals surface area contributed by atoms with Crippen LogP contribution in [0.25, 0.3) is 11.1 Å². The Balaban J connectivity index is 2.16. The summed E-state index contributed by atoms with van der Waals surface area (Å²) in [6.07, 6.45) is -1.27. The third kappa shape index (κ3) is 3.81. The van der Waals surface area contributed by atoms with Crippen molar-refractivity contribution in [2.45, 2.75) is 18.8 Å². The number of carbonyl (C=O) groups is 1. The van der Waals surface area contributed by atoms with Crippen LogP contribution in [0, 0.1) is 0 Å². The molecule has 0 atom stereocenters. The number of halogens is 2. The molecule has 0 amide bonds. The fourth-order valence-corrected chi connectivity index (χ4v) is 2.10. The number of rotatable bonds is 6. The zero-order valence-electron chi connectivity index (χ0n) is 12.1. The molecule has 2 aromatic rings. The van der Waals surface area contributed by atoms with E-state index in [0.717, 1.165) is 16.9 Å². The van der Waals surface area contributed by atoms with E-state index in [1.54, 1.807) is 31.4 Å². The lowest BCUT2D eigenvalue weighted by Gasteiger charge is -2.16. The van der Waals surface area contributed by atoms with Gasteiger partial charge in [-0.3, -0.25) is 4.79 Å². The number of carboxylic acid groups (broad SMARTS) is 1. The van der Waals surface area contributed by atoms with Gasteiger partial charge in [0.25, 0.3) is 5.92 Å². The lowest BCUT2D eigenvalue weighted by Crippen LogP contribution is -2.15. The average Bonchev–Trinajstić information content (AvgIpc) is 2.53. The van der Waals surface area contributed by atoms with E-state index < -0.39 is 24.7 Å². The van der Waals surface area contributed by atoms with Gasteiger partial charge in [0.2, 0.25) is 0 Å². The van der Waals surface area contributed by atoms with E-state index in [1.165, 1.54) is 12.1 Å². The lowest BCUT2D eigenvalue weighted by atomic mass is 9.99. The van der Waals surface area contributed by atoms with Crippen molar-refractivity contribution >= 4 is 5.97 Å². The van der Waals surface area contributed by atoms with Gasteiger partial charge in [0, 0.05) is 12.0 Å². The van der Waals surface area contributed by atoms with Crippen LogP contribution in [0.1, 0.15) is 18.4 Å². The summed E-state index contributed by atoms with van der Waals surface area (Å²) in [4.78, 5) is 10.4. The molecule has 0 aromatic heterocycles. The molecule has 5 heteroatoms. The molecule has 0 spiro atoms. The summed E-state index contributed by atoms with van der Waals surface area (Å²) in [6.45, 7) is 0. The molecule has 3 nitrogen and oxygen atoms in total. The number of ether oxygens (including phenoxy) is 1. The molecule has 0 aliphatic carbocycles. The van der Waals surface area contributed by atoms with Gasteiger partial charge in [0.1, 0.15) is 5.75 Å². The zero-order valence-corrected chi connectivity index (χ0v) is 12.1. The predicted molar refractivity (Wildman–Crippen MR) is 79.2 cm³/mol. The summed E-state index contributed by atoms with van der Waals surface area (Å²) in [5.41, 5.74) is 1.52. The minimum Gasteiger partial charge on any atom is -0.497 e. The van der Waals surface area contributed by atoms with Crippen molar-refractivity contribution in [3.8, 4) is 16.9 Å². The molecular formula is C17H16F2O3. The quantitative estimate of drug-likeness (QED) is 0.864. The number of aliphatic carboxylic acids is 1. The molecule has 0 unspecified atom stereocenters. The van der Waals surface area contributed by atoms with E-state index >= 15 is 0 Å². The van der Waals surface area contributed by atoms with Crippen molar-refractivity contribution < 1.29 is 23.4 Å². The summed E-state index contributed by atoms with van der Waals surface area (Å²) in [5, 5.41) is 8.52. The molecule has 0 aliphatic rings. The second-order valence-corrected chi connectivity index (χ2v) is 4.90. The Morgan fingerprint density at radius 3 is 2.00 bits per heavy atom. The highest BCUT2D eigenvalue weighted by Crippen LogP contribution is 2.34. The fourth-order valence-electron chi connectivity index (χ4n) is 2.10. The van der Waals surface area contributed by atoms with E-state index in [2.05, 4.69) is 0 Å². The van der Waals surface area contributed by atoms with E-state index in [9.17, 15) is 13.6 Å². The Kier molecular flexibility index (Phi) is 4.75. The SMILES string of the molecule is COc1ccc(-c2ccc(C(F)(F)CCC(=O)O)cc2)cc1. The average molecular weight is 306 g/mol. The van der Waals surface area contributed by atoms with Crippen molar-refractivity contribution in [1.82, 2.24) is 0 Å². The normalized spacial score (nSPS) is 11.2. The van der Waals surface area contributed by atoms with Crippen LogP contribution in [0.4, 0.5) is 8.78 Å². The zero-order chi connectivity index (χ0) is 16.2. The standard InChI is InChI=1S/C17H16F2O3/c1-22-15-8-4-13(5-9-15)12-2-6-14(7-3-12)17(18,19)11-10-16(20)21/h2-9H,10-11H2,1H3,(H,20,21). The van der Waals surface area contributed by atoms with Gasteiger partial charge < -0.3 is 9.84 Å². The smallest absolute Gasteiger partial charge is 0.303 e. The van der Waals surface area contributed by atoms with E-state index in [0.29, 0.717) is 0 Å². The molecular weight excluding hydrogens is 290 g/mol. The maximum atomic E-state index is 13.9. The second-order valence-electron chi connectivity index (χ2n) is 4.90. The number of alkyl halides is 2. The first-order chi connectivity index (χ1) is 10.4. The van der Waals surface area contributed by atoms with Crippen LogP contribution in [0.15, 0.2) is 48.5 Å². The lowest BCUT2D eigenvalue weighted by molar-refractivity contribution is -0.139. The van der Waals surface area contributed by atoms with Crippen LogP contribution in [-0.2, 0) is 10.7 Å². The minimum absolute atomic E-state index is 0.175. The third-order valence-electron chi connectivity index (χ3n) is 3.38. The number of benzene rings is 2. The molecule has 116 valence electrons. The second kappa shape index (κ2) is 6.56. The number of hydrogen-bond donors (Lipinski definition) is 1. The Labute approximate surface area is 127 Å². The molecule has 0 saturated heterocycles. The fraction of sp³-hybridized carbons (Fsp3) is 0.235. The summed E-state index contributed by atoms with van der Waals surface area (Å²) in [6, 6.07) is 13.2. The molecule has 0 fully saturated rings. The van der Waals surface area contributed by atoms with E-state index in [1.807, 2.05) is 12.1 Å². The van der Waals surface area contributed by atoms with Gasteiger partial charge >= 0.3 is 5.97 Å². The van der Waals surface area contributed by atoms with Crippen molar-refractivity contribution in [3.63, 3.8) is 0 Å². The molecule has 0 bridgehead atoms. The summed E-state index contributed by atoms with van der Waals surface area (Å²) >= 11 is 0. The predicted octanol–water partition coefficient (Wildman–Crippen LogP) is 4.32. The molecule has 0 saturated carbocycles.